The average molecular weight is 405 g/mol. The first-order chi connectivity index (χ1) is 9.84. The minimum atomic E-state index is 0. The predicted molar refractivity (Wildman–Crippen MR) is 87.5 cm³/mol. The number of aryl methyl sites for hydroxylation is 1. The van der Waals surface area contributed by atoms with Crippen molar-refractivity contribution < 1.29 is 28.5 Å². The van der Waals surface area contributed by atoms with Crippen LogP contribution in [0.25, 0.3) is 22.4 Å². The molecule has 1 aromatic heterocycles. The van der Waals surface area contributed by atoms with E-state index in [0.717, 1.165) is 0 Å². The fraction of sp³-hybridized carbons (Fsp3) is 0.0556. The van der Waals surface area contributed by atoms with E-state index in [1.54, 1.807) is 0 Å². The van der Waals surface area contributed by atoms with Crippen molar-refractivity contribution in [3.8, 4) is 0 Å². The van der Waals surface area contributed by atoms with Gasteiger partial charge in [0.15, 0.2) is 0 Å². The predicted octanol–water partition coefficient (Wildman–Crippen LogP) is 1.46. The maximum Gasteiger partial charge on any atom is 0.262 e. The molecule has 0 aliphatic rings. The molecule has 0 unspecified atom stereocenters. The summed E-state index contributed by atoms with van der Waals surface area (Å²) in [5.41, 5.74) is 2.50. The molecule has 106 valence electrons. The molecule has 21 heavy (non-hydrogen) atoms. The van der Waals surface area contributed by atoms with Gasteiger partial charge in [-0.25, -0.2) is 0 Å². The normalized spacial score (nSPS) is 11.3. The second-order valence-electron chi connectivity index (χ2n) is 4.60. The lowest BCUT2D eigenvalue weighted by Gasteiger charge is -1.88. The highest BCUT2D eigenvalue weighted by Gasteiger charge is 2.12. The van der Waals surface area contributed by atoms with Crippen molar-refractivity contribution in [1.29, 1.82) is 0 Å². The van der Waals surface area contributed by atoms with Gasteiger partial charge in [-0.05, 0) is 11.6 Å². The van der Waals surface area contributed by atoms with Gasteiger partial charge in [-0.3, -0.25) is 0 Å². The van der Waals surface area contributed by atoms with Gasteiger partial charge < -0.3 is 24.0 Å². The number of thiazole rings is 1. The number of hydrogen-bond acceptors (Lipinski definition) is 1. The first kappa shape index (κ1) is 15.9. The Morgan fingerprint density at radius 1 is 0.857 bits per heavy atom. The van der Waals surface area contributed by atoms with Crippen LogP contribution in [0, 0.1) is 0 Å². The van der Waals surface area contributed by atoms with Gasteiger partial charge in [0, 0.05) is 12.1 Å². The zero-order valence-electron chi connectivity index (χ0n) is 11.7. The molecule has 0 radical (unpaired) electrons. The van der Waals surface area contributed by atoms with E-state index in [4.69, 9.17) is 0 Å². The number of benzene rings is 2. The van der Waals surface area contributed by atoms with Crippen LogP contribution >= 0.6 is 11.3 Å². The Kier molecular flexibility index (Phi) is 5.70. The first-order valence-electron chi connectivity index (χ1n) is 6.62. The molecule has 0 saturated heterocycles. The van der Waals surface area contributed by atoms with Gasteiger partial charge in [0.2, 0.25) is 5.52 Å². The van der Waals surface area contributed by atoms with Crippen LogP contribution in [0.15, 0.2) is 66.7 Å². The second kappa shape index (κ2) is 7.52. The summed E-state index contributed by atoms with van der Waals surface area (Å²) in [4.78, 5) is 0. The average Bonchev–Trinajstić information content (AvgIpc) is 2.82. The van der Waals surface area contributed by atoms with Gasteiger partial charge in [-0.15, -0.1) is 0 Å². The van der Waals surface area contributed by atoms with E-state index < -0.39 is 0 Å². The standard InChI is InChI=1S/C18H16NS.HI/c1-19-16-12-6-7-13-17(16)20-18(19)14-8-5-11-15-9-3-2-4-10-15;/h2-14H,1H3;1H/q+1;/p-1/b11-5+,14-8+;. The summed E-state index contributed by atoms with van der Waals surface area (Å²) in [6, 6.07) is 18.8. The molecule has 0 atom stereocenters. The third kappa shape index (κ3) is 3.80. The van der Waals surface area contributed by atoms with E-state index in [1.165, 1.54) is 20.8 Å². The Bertz CT molecular complexity index is 772. The molecule has 0 N–H and O–H groups in total. The molecule has 3 heteroatoms. The molecule has 0 fully saturated rings. The first-order valence-corrected chi connectivity index (χ1v) is 7.43. The highest BCUT2D eigenvalue weighted by atomic mass is 127. The lowest BCUT2D eigenvalue weighted by molar-refractivity contribution is -0.642. The number of rotatable bonds is 3. The number of para-hydroxylation sites is 1. The maximum atomic E-state index is 2.23. The lowest BCUT2D eigenvalue weighted by Crippen LogP contribution is -3.00. The van der Waals surface area contributed by atoms with E-state index in [2.05, 4.69) is 84.4 Å². The molecule has 1 nitrogen and oxygen atoms in total. The Morgan fingerprint density at radius 3 is 2.29 bits per heavy atom. The van der Waals surface area contributed by atoms with Crippen molar-refractivity contribution in [2.45, 2.75) is 0 Å². The molecule has 0 bridgehead atoms. The summed E-state index contributed by atoms with van der Waals surface area (Å²) in [6.07, 6.45) is 8.45. The van der Waals surface area contributed by atoms with Gasteiger partial charge >= 0.3 is 0 Å². The molecule has 3 rings (SSSR count). The van der Waals surface area contributed by atoms with Crippen molar-refractivity contribution >= 4 is 33.7 Å². The zero-order valence-corrected chi connectivity index (χ0v) is 14.7. The third-order valence-corrected chi connectivity index (χ3v) is 4.39. The Hall–Kier alpha value is -1.46. The minimum Gasteiger partial charge on any atom is -1.00 e. The van der Waals surface area contributed by atoms with Crippen molar-refractivity contribution in [2.24, 2.45) is 7.05 Å². The maximum absolute atomic E-state index is 2.23. The number of halogens is 1. The van der Waals surface area contributed by atoms with E-state index in [1.807, 2.05) is 17.4 Å². The lowest BCUT2D eigenvalue weighted by atomic mass is 10.2. The molecule has 1 heterocycles. The topological polar surface area (TPSA) is 3.88 Å². The number of aromatic nitrogens is 1. The van der Waals surface area contributed by atoms with E-state index >= 15 is 0 Å². The number of nitrogens with zero attached hydrogens (tertiary/aromatic N) is 1. The summed E-state index contributed by atoms with van der Waals surface area (Å²) in [6.45, 7) is 0. The molecule has 0 aliphatic heterocycles. The number of hydrogen-bond donors (Lipinski definition) is 0. The molecule has 0 amide bonds. The molecule has 0 spiro atoms. The Balaban J connectivity index is 0.00000161. The smallest absolute Gasteiger partial charge is 0.262 e. The molecular formula is C18H16INS. The van der Waals surface area contributed by atoms with Gasteiger partial charge in [0.05, 0.1) is 0 Å². The SMILES string of the molecule is C[n+]1c(/C=C/C=C/c2ccccc2)sc2ccccc21.[I-]. The fourth-order valence-corrected chi connectivity index (χ4v) is 3.20. The summed E-state index contributed by atoms with van der Waals surface area (Å²) in [5, 5.41) is 1.25. The van der Waals surface area contributed by atoms with Crippen molar-refractivity contribution in [3.05, 3.63) is 77.3 Å². The van der Waals surface area contributed by atoms with Crippen LogP contribution in [0.3, 0.4) is 0 Å². The van der Waals surface area contributed by atoms with Crippen LogP contribution in [-0.2, 0) is 7.05 Å². The third-order valence-electron chi connectivity index (χ3n) is 3.21. The molecule has 0 aliphatic carbocycles. The largest absolute Gasteiger partial charge is 1.00 e. The highest BCUT2D eigenvalue weighted by molar-refractivity contribution is 7.18. The van der Waals surface area contributed by atoms with Crippen molar-refractivity contribution in [1.82, 2.24) is 0 Å². The molecule has 2 aromatic carbocycles. The van der Waals surface area contributed by atoms with Crippen LogP contribution in [0.5, 0.6) is 0 Å². The van der Waals surface area contributed by atoms with Gasteiger partial charge in [-0.1, -0.05) is 72.0 Å². The summed E-state index contributed by atoms with van der Waals surface area (Å²) < 4.78 is 3.55. The number of allylic oxidation sites excluding steroid dienone is 2. The summed E-state index contributed by atoms with van der Waals surface area (Å²) in [7, 11) is 2.11. The van der Waals surface area contributed by atoms with Crippen LogP contribution in [-0.4, -0.2) is 0 Å². The van der Waals surface area contributed by atoms with E-state index in [0.29, 0.717) is 0 Å². The summed E-state index contributed by atoms with van der Waals surface area (Å²) >= 11 is 1.81. The second-order valence-corrected chi connectivity index (χ2v) is 5.66. The van der Waals surface area contributed by atoms with Crippen LogP contribution in [0.4, 0.5) is 0 Å². The molecular weight excluding hydrogens is 389 g/mol. The summed E-state index contributed by atoms with van der Waals surface area (Å²) in [5.74, 6) is 0. The fourth-order valence-electron chi connectivity index (χ4n) is 2.13. The zero-order chi connectivity index (χ0) is 13.8. The van der Waals surface area contributed by atoms with Crippen LogP contribution < -0.4 is 28.5 Å². The quantitative estimate of drug-likeness (QED) is 0.353. The Labute approximate surface area is 146 Å². The molecule has 0 saturated carbocycles. The van der Waals surface area contributed by atoms with Gasteiger partial charge in [0.25, 0.3) is 5.01 Å². The minimum absolute atomic E-state index is 0. The molecule has 3 aromatic rings. The van der Waals surface area contributed by atoms with Crippen molar-refractivity contribution in [3.63, 3.8) is 0 Å². The van der Waals surface area contributed by atoms with Gasteiger partial charge in [-0.2, -0.15) is 4.57 Å². The van der Waals surface area contributed by atoms with Gasteiger partial charge in [0.1, 0.15) is 11.7 Å². The van der Waals surface area contributed by atoms with Crippen LogP contribution in [0.1, 0.15) is 10.6 Å². The van der Waals surface area contributed by atoms with E-state index in [-0.39, 0.29) is 24.0 Å². The van der Waals surface area contributed by atoms with Crippen molar-refractivity contribution in [2.75, 3.05) is 0 Å². The highest BCUT2D eigenvalue weighted by Crippen LogP contribution is 2.20. The van der Waals surface area contributed by atoms with Crippen LogP contribution in [0.2, 0.25) is 0 Å². The Morgan fingerprint density at radius 2 is 1.52 bits per heavy atom. The monoisotopic (exact) mass is 405 g/mol. The van der Waals surface area contributed by atoms with E-state index in [9.17, 15) is 0 Å². The number of fused-ring (bicyclic) bond motifs is 1.